The van der Waals surface area contributed by atoms with Crippen LogP contribution in [0.2, 0.25) is 0 Å². The number of aliphatic hydroxyl groups is 1. The van der Waals surface area contributed by atoms with Crippen molar-refractivity contribution in [1.82, 2.24) is 10.2 Å². The van der Waals surface area contributed by atoms with Crippen molar-refractivity contribution in [2.24, 2.45) is 0 Å². The van der Waals surface area contributed by atoms with Crippen LogP contribution in [0.15, 0.2) is 0 Å². The molecule has 1 saturated heterocycles. The van der Waals surface area contributed by atoms with Crippen molar-refractivity contribution in [3.05, 3.63) is 0 Å². The Balaban J connectivity index is 2.43. The van der Waals surface area contributed by atoms with Crippen molar-refractivity contribution >= 4 is 9.84 Å². The van der Waals surface area contributed by atoms with E-state index in [1.807, 2.05) is 0 Å². The van der Waals surface area contributed by atoms with Crippen LogP contribution in [0, 0.1) is 0 Å². The minimum absolute atomic E-state index is 0.0642. The molecule has 5 nitrogen and oxygen atoms in total. The van der Waals surface area contributed by atoms with Crippen LogP contribution >= 0.6 is 0 Å². The number of sulfone groups is 1. The predicted octanol–water partition coefficient (Wildman–Crippen LogP) is -0.533. The highest BCUT2D eigenvalue weighted by molar-refractivity contribution is 7.91. The first kappa shape index (κ1) is 14.9. The Morgan fingerprint density at radius 2 is 2.00 bits per heavy atom. The van der Waals surface area contributed by atoms with Crippen LogP contribution in [0.4, 0.5) is 0 Å². The summed E-state index contributed by atoms with van der Waals surface area (Å²) in [4.78, 5) is 2.27. The van der Waals surface area contributed by atoms with E-state index in [0.717, 1.165) is 26.2 Å². The van der Waals surface area contributed by atoms with Crippen molar-refractivity contribution in [1.29, 1.82) is 0 Å². The molecule has 1 fully saturated rings. The molecule has 1 heterocycles. The molecule has 6 heteroatoms. The van der Waals surface area contributed by atoms with E-state index in [2.05, 4.69) is 24.1 Å². The van der Waals surface area contributed by atoms with Gasteiger partial charge in [-0.05, 0) is 19.5 Å². The molecule has 0 aliphatic carbocycles. The largest absolute Gasteiger partial charge is 0.394 e. The summed E-state index contributed by atoms with van der Waals surface area (Å²) in [5, 5.41) is 12.6. The van der Waals surface area contributed by atoms with Gasteiger partial charge in [-0.3, -0.25) is 0 Å². The molecule has 0 radical (unpaired) electrons. The number of nitrogens with one attached hydrogen (secondary N) is 1. The molecular formula is C11H24N2O3S. The lowest BCUT2D eigenvalue weighted by molar-refractivity contribution is 0.172. The molecule has 17 heavy (non-hydrogen) atoms. The Labute approximate surface area is 104 Å². The van der Waals surface area contributed by atoms with E-state index in [-0.39, 0.29) is 18.1 Å². The van der Waals surface area contributed by atoms with Gasteiger partial charge in [-0.2, -0.15) is 0 Å². The fourth-order valence-corrected chi connectivity index (χ4v) is 4.28. The number of aliphatic hydroxyl groups excluding tert-OH is 1. The molecule has 1 aliphatic heterocycles. The number of rotatable bonds is 7. The van der Waals surface area contributed by atoms with Crippen molar-refractivity contribution < 1.29 is 13.5 Å². The van der Waals surface area contributed by atoms with Gasteiger partial charge in [-0.15, -0.1) is 0 Å². The zero-order chi connectivity index (χ0) is 12.9. The highest BCUT2D eigenvalue weighted by atomic mass is 32.2. The molecule has 2 N–H and O–H groups in total. The third kappa shape index (κ3) is 4.21. The standard InChI is InChI=1S/C11H24N2O3S/c1-3-13(4-2)7-6-12-11(9-14)5-8-17(15,16)10-11/h12,14H,3-10H2,1-2H3. The van der Waals surface area contributed by atoms with Gasteiger partial charge in [0.2, 0.25) is 0 Å². The van der Waals surface area contributed by atoms with E-state index >= 15 is 0 Å². The molecule has 1 rings (SSSR count). The van der Waals surface area contributed by atoms with Crippen molar-refractivity contribution in [2.45, 2.75) is 25.8 Å². The van der Waals surface area contributed by atoms with Crippen molar-refractivity contribution in [2.75, 3.05) is 44.3 Å². The van der Waals surface area contributed by atoms with E-state index < -0.39 is 15.4 Å². The molecular weight excluding hydrogens is 240 g/mol. The molecule has 0 bridgehead atoms. The van der Waals surface area contributed by atoms with Crippen LogP contribution in [0.25, 0.3) is 0 Å². The zero-order valence-electron chi connectivity index (χ0n) is 10.8. The highest BCUT2D eigenvalue weighted by Gasteiger charge is 2.41. The smallest absolute Gasteiger partial charge is 0.152 e. The van der Waals surface area contributed by atoms with E-state index in [1.165, 1.54) is 0 Å². The van der Waals surface area contributed by atoms with Gasteiger partial charge >= 0.3 is 0 Å². The first-order chi connectivity index (χ1) is 7.97. The Hall–Kier alpha value is -0.170. The average molecular weight is 264 g/mol. The van der Waals surface area contributed by atoms with Crippen LogP contribution in [-0.2, 0) is 9.84 Å². The lowest BCUT2D eigenvalue weighted by atomic mass is 10.0. The van der Waals surface area contributed by atoms with E-state index in [9.17, 15) is 13.5 Å². The SMILES string of the molecule is CCN(CC)CCNC1(CO)CCS(=O)(=O)C1. The van der Waals surface area contributed by atoms with Crippen LogP contribution in [0.1, 0.15) is 20.3 Å². The monoisotopic (exact) mass is 264 g/mol. The maximum Gasteiger partial charge on any atom is 0.152 e. The van der Waals surface area contributed by atoms with Gasteiger partial charge in [0.1, 0.15) is 0 Å². The van der Waals surface area contributed by atoms with E-state index in [1.54, 1.807) is 0 Å². The summed E-state index contributed by atoms with van der Waals surface area (Å²) in [7, 11) is -2.96. The summed E-state index contributed by atoms with van der Waals surface area (Å²) in [5.41, 5.74) is -0.605. The number of hydrogen-bond donors (Lipinski definition) is 2. The average Bonchev–Trinajstić information content (AvgIpc) is 2.61. The number of hydrogen-bond acceptors (Lipinski definition) is 5. The molecule has 1 aliphatic rings. The molecule has 0 saturated carbocycles. The first-order valence-corrected chi connectivity index (χ1v) is 8.08. The summed E-state index contributed by atoms with van der Waals surface area (Å²) in [6, 6.07) is 0. The van der Waals surface area contributed by atoms with Gasteiger partial charge in [0.15, 0.2) is 9.84 Å². The Morgan fingerprint density at radius 1 is 1.35 bits per heavy atom. The summed E-state index contributed by atoms with van der Waals surface area (Å²) in [5.74, 6) is 0.251. The van der Waals surface area contributed by atoms with Crippen LogP contribution in [0.5, 0.6) is 0 Å². The van der Waals surface area contributed by atoms with Crippen molar-refractivity contribution in [3.8, 4) is 0 Å². The van der Waals surface area contributed by atoms with Crippen LogP contribution in [-0.4, -0.2) is 68.3 Å². The minimum atomic E-state index is -2.96. The quantitative estimate of drug-likeness (QED) is 0.647. The summed E-state index contributed by atoms with van der Waals surface area (Å²) in [6.07, 6.45) is 0.518. The number of nitrogens with zero attached hydrogens (tertiary/aromatic N) is 1. The number of likely N-dealkylation sites (N-methyl/N-ethyl adjacent to an activating group) is 1. The molecule has 1 atom stereocenters. The lowest BCUT2D eigenvalue weighted by Crippen LogP contribution is -2.51. The topological polar surface area (TPSA) is 69.6 Å². The van der Waals surface area contributed by atoms with Gasteiger partial charge in [-0.25, -0.2) is 8.42 Å². The minimum Gasteiger partial charge on any atom is -0.394 e. The Morgan fingerprint density at radius 3 is 2.41 bits per heavy atom. The van der Waals surface area contributed by atoms with Gasteiger partial charge in [0, 0.05) is 13.1 Å². The van der Waals surface area contributed by atoms with Gasteiger partial charge in [0.25, 0.3) is 0 Å². The molecule has 102 valence electrons. The lowest BCUT2D eigenvalue weighted by Gasteiger charge is -2.28. The molecule has 0 aromatic heterocycles. The summed E-state index contributed by atoms with van der Waals surface area (Å²) < 4.78 is 22.9. The highest BCUT2D eigenvalue weighted by Crippen LogP contribution is 2.22. The zero-order valence-corrected chi connectivity index (χ0v) is 11.6. The second-order valence-electron chi connectivity index (χ2n) is 4.73. The molecule has 1 unspecified atom stereocenters. The van der Waals surface area contributed by atoms with Gasteiger partial charge in [-0.1, -0.05) is 13.8 Å². The molecule has 0 aromatic rings. The summed E-state index contributed by atoms with van der Waals surface area (Å²) in [6.45, 7) is 7.68. The second-order valence-corrected chi connectivity index (χ2v) is 6.92. The fraction of sp³-hybridized carbons (Fsp3) is 1.00. The normalized spacial score (nSPS) is 27.8. The van der Waals surface area contributed by atoms with Gasteiger partial charge < -0.3 is 15.3 Å². The maximum absolute atomic E-state index is 11.5. The third-order valence-electron chi connectivity index (χ3n) is 3.51. The Kier molecular flexibility index (Phi) is 5.37. The molecule has 0 aromatic carbocycles. The second kappa shape index (κ2) is 6.13. The van der Waals surface area contributed by atoms with Gasteiger partial charge in [0.05, 0.1) is 23.7 Å². The van der Waals surface area contributed by atoms with Crippen LogP contribution in [0.3, 0.4) is 0 Å². The van der Waals surface area contributed by atoms with Crippen LogP contribution < -0.4 is 5.32 Å². The fourth-order valence-electron chi connectivity index (χ4n) is 2.26. The van der Waals surface area contributed by atoms with E-state index in [4.69, 9.17) is 0 Å². The van der Waals surface area contributed by atoms with Crippen molar-refractivity contribution in [3.63, 3.8) is 0 Å². The third-order valence-corrected chi connectivity index (χ3v) is 5.33. The maximum atomic E-state index is 11.5. The Bertz CT molecular complexity index is 328. The predicted molar refractivity (Wildman–Crippen MR) is 68.9 cm³/mol. The van der Waals surface area contributed by atoms with E-state index in [0.29, 0.717) is 6.42 Å². The molecule has 0 spiro atoms. The summed E-state index contributed by atoms with van der Waals surface area (Å²) >= 11 is 0. The molecule has 0 amide bonds. The first-order valence-electron chi connectivity index (χ1n) is 6.25.